The van der Waals surface area contributed by atoms with Crippen molar-refractivity contribution in [2.45, 2.75) is 26.3 Å². The number of nitrogens with one attached hydrogen (secondary N) is 1. The molecule has 22 heavy (non-hydrogen) atoms. The van der Waals surface area contributed by atoms with Crippen LogP contribution in [-0.2, 0) is 13.6 Å². The SMILES string of the molecule is CC#CCn1c(N2C[CH]CCC2)nc2c1c(=O)[nH]c(=O)n2C. The number of aromatic amines is 1. The van der Waals surface area contributed by atoms with Crippen LogP contribution in [0.3, 0.4) is 0 Å². The molecule has 1 aliphatic rings. The van der Waals surface area contributed by atoms with Gasteiger partial charge in [0.1, 0.15) is 0 Å². The first kappa shape index (κ1) is 14.4. The first-order valence-electron chi connectivity index (χ1n) is 7.29. The lowest BCUT2D eigenvalue weighted by molar-refractivity contribution is 0.642. The van der Waals surface area contributed by atoms with Crippen molar-refractivity contribution in [1.82, 2.24) is 19.1 Å². The third-order valence-corrected chi connectivity index (χ3v) is 3.87. The molecule has 7 nitrogen and oxygen atoms in total. The number of piperidine rings is 1. The van der Waals surface area contributed by atoms with Crippen molar-refractivity contribution >= 4 is 17.1 Å². The predicted octanol–water partition coefficient (Wildman–Crippen LogP) is 0.251. The molecule has 115 valence electrons. The number of hydrogen-bond donors (Lipinski definition) is 1. The van der Waals surface area contributed by atoms with E-state index in [0.29, 0.717) is 23.7 Å². The summed E-state index contributed by atoms with van der Waals surface area (Å²) in [7, 11) is 1.61. The van der Waals surface area contributed by atoms with Crippen LogP contribution in [0.15, 0.2) is 9.59 Å². The van der Waals surface area contributed by atoms with Gasteiger partial charge in [0.25, 0.3) is 5.56 Å². The average Bonchev–Trinajstić information content (AvgIpc) is 2.91. The topological polar surface area (TPSA) is 75.9 Å². The quantitative estimate of drug-likeness (QED) is 0.807. The van der Waals surface area contributed by atoms with Gasteiger partial charge in [0.05, 0.1) is 6.54 Å². The van der Waals surface area contributed by atoms with E-state index in [-0.39, 0.29) is 0 Å². The number of fused-ring (bicyclic) bond motifs is 1. The van der Waals surface area contributed by atoms with Gasteiger partial charge in [-0.2, -0.15) is 4.98 Å². The van der Waals surface area contributed by atoms with Gasteiger partial charge in [-0.05, 0) is 26.2 Å². The number of anilines is 1. The summed E-state index contributed by atoms with van der Waals surface area (Å²) in [5, 5.41) is 0. The van der Waals surface area contributed by atoms with E-state index in [1.54, 1.807) is 18.5 Å². The van der Waals surface area contributed by atoms with Gasteiger partial charge in [-0.3, -0.25) is 18.9 Å². The summed E-state index contributed by atoms with van der Waals surface area (Å²) in [6.07, 6.45) is 4.34. The number of H-pyrrole nitrogens is 1. The summed E-state index contributed by atoms with van der Waals surface area (Å²) in [4.78, 5) is 33.0. The fraction of sp³-hybridized carbons (Fsp3) is 0.467. The fourth-order valence-electron chi connectivity index (χ4n) is 2.72. The molecule has 7 heteroatoms. The fourth-order valence-corrected chi connectivity index (χ4v) is 2.72. The van der Waals surface area contributed by atoms with E-state index >= 15 is 0 Å². The molecule has 0 atom stereocenters. The summed E-state index contributed by atoms with van der Waals surface area (Å²) >= 11 is 0. The molecule has 3 rings (SSSR count). The number of hydrogen-bond acceptors (Lipinski definition) is 4. The summed E-state index contributed by atoms with van der Waals surface area (Å²) in [6.45, 7) is 3.80. The van der Waals surface area contributed by atoms with E-state index in [1.165, 1.54) is 4.57 Å². The molecule has 2 aromatic rings. The van der Waals surface area contributed by atoms with Gasteiger partial charge in [-0.1, -0.05) is 5.92 Å². The Morgan fingerprint density at radius 2 is 2.23 bits per heavy atom. The third-order valence-electron chi connectivity index (χ3n) is 3.87. The Kier molecular flexibility index (Phi) is 3.75. The summed E-state index contributed by atoms with van der Waals surface area (Å²) in [5.74, 6) is 6.51. The van der Waals surface area contributed by atoms with Crippen LogP contribution in [-0.4, -0.2) is 32.2 Å². The maximum atomic E-state index is 12.2. The summed E-state index contributed by atoms with van der Waals surface area (Å²) < 4.78 is 3.16. The van der Waals surface area contributed by atoms with Crippen LogP contribution in [0.5, 0.6) is 0 Å². The van der Waals surface area contributed by atoms with E-state index in [0.717, 1.165) is 25.9 Å². The Morgan fingerprint density at radius 3 is 2.91 bits per heavy atom. The standard InChI is InChI=1S/C15H18N5O2/c1-3-4-10-20-11-12(18(2)15(22)17-13(11)21)16-14(20)19-8-6-5-7-9-19/h6H,5,7-10H2,1-2H3,(H,17,21,22). The second-order valence-electron chi connectivity index (χ2n) is 5.29. The van der Waals surface area contributed by atoms with Crippen molar-refractivity contribution in [3.63, 3.8) is 0 Å². The van der Waals surface area contributed by atoms with E-state index in [4.69, 9.17) is 0 Å². The van der Waals surface area contributed by atoms with Gasteiger partial charge in [0.2, 0.25) is 5.95 Å². The first-order chi connectivity index (χ1) is 10.6. The minimum absolute atomic E-state index is 0.375. The molecule has 1 radical (unpaired) electrons. The van der Waals surface area contributed by atoms with Crippen LogP contribution < -0.4 is 16.1 Å². The zero-order chi connectivity index (χ0) is 15.7. The lowest BCUT2D eigenvalue weighted by Crippen LogP contribution is -2.32. The molecule has 0 aliphatic carbocycles. The molecular formula is C15H18N5O2. The molecule has 2 aromatic heterocycles. The first-order valence-corrected chi connectivity index (χ1v) is 7.29. The molecule has 3 heterocycles. The number of aromatic nitrogens is 4. The highest BCUT2D eigenvalue weighted by Crippen LogP contribution is 2.22. The minimum atomic E-state index is -0.458. The molecule has 0 aromatic carbocycles. The van der Waals surface area contributed by atoms with Gasteiger partial charge in [-0.25, -0.2) is 4.79 Å². The Morgan fingerprint density at radius 1 is 1.41 bits per heavy atom. The van der Waals surface area contributed by atoms with Crippen LogP contribution in [0.4, 0.5) is 5.95 Å². The molecule has 1 N–H and O–H groups in total. The molecule has 0 amide bonds. The van der Waals surface area contributed by atoms with Crippen molar-refractivity contribution in [3.8, 4) is 11.8 Å². The van der Waals surface area contributed by atoms with Gasteiger partial charge < -0.3 is 4.90 Å². The normalized spacial score (nSPS) is 14.9. The maximum absolute atomic E-state index is 12.2. The number of imidazole rings is 1. The monoisotopic (exact) mass is 300 g/mol. The number of rotatable bonds is 2. The second-order valence-corrected chi connectivity index (χ2v) is 5.29. The van der Waals surface area contributed by atoms with Crippen LogP contribution in [0, 0.1) is 18.3 Å². The lowest BCUT2D eigenvalue weighted by Gasteiger charge is -2.27. The van der Waals surface area contributed by atoms with Crippen molar-refractivity contribution < 1.29 is 0 Å². The molecule has 0 saturated carbocycles. The van der Waals surface area contributed by atoms with Crippen LogP contribution in [0.25, 0.3) is 11.2 Å². The highest BCUT2D eigenvalue weighted by atomic mass is 16.2. The van der Waals surface area contributed by atoms with E-state index in [9.17, 15) is 9.59 Å². The molecule has 1 saturated heterocycles. The molecule has 1 fully saturated rings. The Labute approximate surface area is 127 Å². The molecule has 1 aliphatic heterocycles. The van der Waals surface area contributed by atoms with Crippen LogP contribution in [0.1, 0.15) is 19.8 Å². The Hall–Kier alpha value is -2.49. The van der Waals surface area contributed by atoms with Crippen LogP contribution in [0.2, 0.25) is 0 Å². The van der Waals surface area contributed by atoms with Crippen molar-refractivity contribution in [3.05, 3.63) is 27.3 Å². The summed E-state index contributed by atoms with van der Waals surface area (Å²) in [5.41, 5.74) is -0.0890. The third kappa shape index (κ3) is 2.30. The number of nitrogens with zero attached hydrogens (tertiary/aromatic N) is 4. The van der Waals surface area contributed by atoms with Crippen molar-refractivity contribution in [2.75, 3.05) is 18.0 Å². The van der Waals surface area contributed by atoms with Crippen molar-refractivity contribution in [1.29, 1.82) is 0 Å². The van der Waals surface area contributed by atoms with E-state index < -0.39 is 11.2 Å². The Balaban J connectivity index is 2.27. The average molecular weight is 300 g/mol. The number of aryl methyl sites for hydroxylation is 1. The molecule has 0 unspecified atom stereocenters. The molecule has 0 bridgehead atoms. The molecule has 0 spiro atoms. The zero-order valence-electron chi connectivity index (χ0n) is 12.7. The van der Waals surface area contributed by atoms with Gasteiger partial charge in [-0.15, -0.1) is 5.92 Å². The lowest BCUT2D eigenvalue weighted by atomic mass is 10.1. The minimum Gasteiger partial charge on any atom is -0.342 e. The van der Waals surface area contributed by atoms with Gasteiger partial charge in [0, 0.05) is 20.1 Å². The van der Waals surface area contributed by atoms with Gasteiger partial charge in [0.15, 0.2) is 11.2 Å². The smallest absolute Gasteiger partial charge is 0.329 e. The largest absolute Gasteiger partial charge is 0.342 e. The maximum Gasteiger partial charge on any atom is 0.329 e. The highest BCUT2D eigenvalue weighted by Gasteiger charge is 2.22. The van der Waals surface area contributed by atoms with E-state index in [2.05, 4.69) is 33.1 Å². The predicted molar refractivity (Wildman–Crippen MR) is 84.8 cm³/mol. The second kappa shape index (κ2) is 5.72. The van der Waals surface area contributed by atoms with Gasteiger partial charge >= 0.3 is 5.69 Å². The zero-order valence-corrected chi connectivity index (χ0v) is 12.7. The van der Waals surface area contributed by atoms with Crippen LogP contribution >= 0.6 is 0 Å². The van der Waals surface area contributed by atoms with E-state index in [1.807, 2.05) is 0 Å². The Bertz CT molecular complexity index is 871. The van der Waals surface area contributed by atoms with Crippen molar-refractivity contribution in [2.24, 2.45) is 7.05 Å². The highest BCUT2D eigenvalue weighted by molar-refractivity contribution is 5.74. The molecular weight excluding hydrogens is 282 g/mol. The summed E-state index contributed by atoms with van der Waals surface area (Å²) in [6, 6.07) is 0.